The van der Waals surface area contributed by atoms with Gasteiger partial charge >= 0.3 is 0 Å². The molecule has 1 aromatic carbocycles. The van der Waals surface area contributed by atoms with Crippen molar-refractivity contribution in [3.63, 3.8) is 0 Å². The van der Waals surface area contributed by atoms with E-state index in [9.17, 15) is 4.79 Å². The van der Waals surface area contributed by atoms with E-state index in [0.29, 0.717) is 11.6 Å². The van der Waals surface area contributed by atoms with E-state index < -0.39 is 0 Å². The first-order chi connectivity index (χ1) is 9.63. The Morgan fingerprint density at radius 1 is 1.50 bits per heavy atom. The number of piperidine rings is 1. The number of nitrogens with zero attached hydrogens (tertiary/aromatic N) is 2. The molecule has 1 aromatic heterocycles. The van der Waals surface area contributed by atoms with Crippen LogP contribution in [0.3, 0.4) is 0 Å². The summed E-state index contributed by atoms with van der Waals surface area (Å²) in [4.78, 5) is 21.8. The minimum absolute atomic E-state index is 0.00301. The SMILES string of the molecule is CC1CC(NC(=O)c2ccc3nc[nH]c3c2)CCN1C. The normalized spacial score (nSPS) is 23.9. The number of aromatic nitrogens is 2. The summed E-state index contributed by atoms with van der Waals surface area (Å²) in [6.07, 6.45) is 3.67. The van der Waals surface area contributed by atoms with Gasteiger partial charge in [-0.3, -0.25) is 4.79 Å². The Hall–Kier alpha value is -1.88. The molecule has 20 heavy (non-hydrogen) atoms. The van der Waals surface area contributed by atoms with Crippen molar-refractivity contribution in [3.8, 4) is 0 Å². The summed E-state index contributed by atoms with van der Waals surface area (Å²) in [5.41, 5.74) is 2.47. The zero-order valence-corrected chi connectivity index (χ0v) is 11.9. The number of rotatable bonds is 2. The third-order valence-corrected chi connectivity index (χ3v) is 4.23. The average molecular weight is 272 g/mol. The standard InChI is InChI=1S/C15H20N4O/c1-10-7-12(5-6-19(10)2)18-15(20)11-3-4-13-14(8-11)17-9-16-13/h3-4,8-10,12H,5-7H2,1-2H3,(H,16,17)(H,18,20). The van der Waals surface area contributed by atoms with Gasteiger partial charge in [0.05, 0.1) is 17.4 Å². The molecule has 0 spiro atoms. The lowest BCUT2D eigenvalue weighted by molar-refractivity contribution is 0.0896. The van der Waals surface area contributed by atoms with Gasteiger partial charge in [-0.2, -0.15) is 0 Å². The van der Waals surface area contributed by atoms with Gasteiger partial charge in [0.2, 0.25) is 0 Å². The number of carbonyl (C=O) groups excluding carboxylic acids is 1. The molecule has 1 amide bonds. The van der Waals surface area contributed by atoms with Crippen LogP contribution in [-0.2, 0) is 0 Å². The number of aromatic amines is 1. The number of hydrogen-bond donors (Lipinski definition) is 2. The van der Waals surface area contributed by atoms with Crippen LogP contribution in [0.25, 0.3) is 11.0 Å². The maximum absolute atomic E-state index is 12.3. The third-order valence-electron chi connectivity index (χ3n) is 4.23. The number of fused-ring (bicyclic) bond motifs is 1. The van der Waals surface area contributed by atoms with Gasteiger partial charge in [-0.1, -0.05) is 0 Å². The quantitative estimate of drug-likeness (QED) is 0.876. The van der Waals surface area contributed by atoms with Crippen molar-refractivity contribution in [1.82, 2.24) is 20.2 Å². The van der Waals surface area contributed by atoms with E-state index >= 15 is 0 Å². The van der Waals surface area contributed by atoms with Crippen molar-refractivity contribution in [2.75, 3.05) is 13.6 Å². The van der Waals surface area contributed by atoms with Crippen molar-refractivity contribution in [1.29, 1.82) is 0 Å². The molecule has 5 nitrogen and oxygen atoms in total. The number of H-pyrrole nitrogens is 1. The number of benzene rings is 1. The zero-order chi connectivity index (χ0) is 14.1. The largest absolute Gasteiger partial charge is 0.349 e. The molecule has 106 valence electrons. The highest BCUT2D eigenvalue weighted by atomic mass is 16.1. The highest BCUT2D eigenvalue weighted by molar-refractivity contribution is 5.97. The second kappa shape index (κ2) is 5.25. The Morgan fingerprint density at radius 2 is 2.35 bits per heavy atom. The molecule has 2 N–H and O–H groups in total. The second-order valence-electron chi connectivity index (χ2n) is 5.66. The molecular formula is C15H20N4O. The van der Waals surface area contributed by atoms with Crippen molar-refractivity contribution in [2.45, 2.75) is 31.8 Å². The first kappa shape index (κ1) is 13.1. The van der Waals surface area contributed by atoms with Crippen LogP contribution in [0.2, 0.25) is 0 Å². The van der Waals surface area contributed by atoms with E-state index in [2.05, 4.69) is 34.2 Å². The molecule has 2 aromatic rings. The van der Waals surface area contributed by atoms with Gasteiger partial charge in [-0.15, -0.1) is 0 Å². The fourth-order valence-corrected chi connectivity index (χ4v) is 2.77. The average Bonchev–Trinajstić information content (AvgIpc) is 2.90. The van der Waals surface area contributed by atoms with Crippen LogP contribution in [0.4, 0.5) is 0 Å². The Bertz CT molecular complexity index is 621. The molecule has 2 atom stereocenters. The Kier molecular flexibility index (Phi) is 3.44. The van der Waals surface area contributed by atoms with E-state index in [0.717, 1.165) is 30.4 Å². The van der Waals surface area contributed by atoms with Crippen LogP contribution >= 0.6 is 0 Å². The molecule has 3 rings (SSSR count). The van der Waals surface area contributed by atoms with E-state index in [1.807, 2.05) is 18.2 Å². The summed E-state index contributed by atoms with van der Waals surface area (Å²) in [6.45, 7) is 3.24. The van der Waals surface area contributed by atoms with Gasteiger partial charge in [-0.25, -0.2) is 4.98 Å². The molecule has 0 radical (unpaired) electrons. The molecule has 1 aliphatic heterocycles. The lowest BCUT2D eigenvalue weighted by Gasteiger charge is -2.35. The smallest absolute Gasteiger partial charge is 0.251 e. The summed E-state index contributed by atoms with van der Waals surface area (Å²) in [6, 6.07) is 6.35. The molecular weight excluding hydrogens is 252 g/mol. The van der Waals surface area contributed by atoms with Crippen molar-refractivity contribution < 1.29 is 4.79 Å². The number of likely N-dealkylation sites (tertiary alicyclic amines) is 1. The predicted molar refractivity (Wildman–Crippen MR) is 78.7 cm³/mol. The molecule has 0 saturated carbocycles. The number of amides is 1. The second-order valence-corrected chi connectivity index (χ2v) is 5.66. The van der Waals surface area contributed by atoms with Crippen molar-refractivity contribution >= 4 is 16.9 Å². The number of nitrogens with one attached hydrogen (secondary N) is 2. The predicted octanol–water partition coefficient (Wildman–Crippen LogP) is 1.78. The van der Waals surface area contributed by atoms with E-state index in [-0.39, 0.29) is 11.9 Å². The van der Waals surface area contributed by atoms with Gasteiger partial charge in [-0.05, 0) is 45.0 Å². The van der Waals surface area contributed by atoms with Crippen LogP contribution in [0, 0.1) is 0 Å². The minimum Gasteiger partial charge on any atom is -0.349 e. The number of carbonyl (C=O) groups is 1. The molecule has 1 fully saturated rings. The maximum Gasteiger partial charge on any atom is 0.251 e. The minimum atomic E-state index is 0.00301. The Morgan fingerprint density at radius 3 is 3.15 bits per heavy atom. The number of hydrogen-bond acceptors (Lipinski definition) is 3. The van der Waals surface area contributed by atoms with Crippen LogP contribution in [0.5, 0.6) is 0 Å². The topological polar surface area (TPSA) is 61.0 Å². The first-order valence-corrected chi connectivity index (χ1v) is 7.08. The molecule has 0 bridgehead atoms. The van der Waals surface area contributed by atoms with Gasteiger partial charge in [0, 0.05) is 24.2 Å². The first-order valence-electron chi connectivity index (χ1n) is 7.08. The molecule has 2 unspecified atom stereocenters. The molecule has 2 heterocycles. The Labute approximate surface area is 118 Å². The van der Waals surface area contributed by atoms with Crippen molar-refractivity contribution in [2.24, 2.45) is 0 Å². The van der Waals surface area contributed by atoms with E-state index in [1.54, 1.807) is 6.33 Å². The van der Waals surface area contributed by atoms with Gasteiger partial charge in [0.25, 0.3) is 5.91 Å². The van der Waals surface area contributed by atoms with Gasteiger partial charge < -0.3 is 15.2 Å². The van der Waals surface area contributed by atoms with Crippen LogP contribution < -0.4 is 5.32 Å². The maximum atomic E-state index is 12.3. The zero-order valence-electron chi connectivity index (χ0n) is 11.9. The number of imidazole rings is 1. The summed E-state index contributed by atoms with van der Waals surface area (Å²) in [7, 11) is 2.13. The fourth-order valence-electron chi connectivity index (χ4n) is 2.77. The van der Waals surface area contributed by atoms with Crippen LogP contribution in [0.1, 0.15) is 30.1 Å². The highest BCUT2D eigenvalue weighted by Gasteiger charge is 2.24. The van der Waals surface area contributed by atoms with Crippen molar-refractivity contribution in [3.05, 3.63) is 30.1 Å². The van der Waals surface area contributed by atoms with Crippen LogP contribution in [-0.4, -0.2) is 46.5 Å². The third kappa shape index (κ3) is 2.54. The summed E-state index contributed by atoms with van der Waals surface area (Å²) < 4.78 is 0. The van der Waals surface area contributed by atoms with Gasteiger partial charge in [0.1, 0.15) is 0 Å². The van der Waals surface area contributed by atoms with E-state index in [1.165, 1.54) is 0 Å². The Balaban J connectivity index is 1.69. The van der Waals surface area contributed by atoms with E-state index in [4.69, 9.17) is 0 Å². The monoisotopic (exact) mass is 272 g/mol. The molecule has 1 saturated heterocycles. The summed E-state index contributed by atoms with van der Waals surface area (Å²) in [5, 5.41) is 3.14. The summed E-state index contributed by atoms with van der Waals surface area (Å²) in [5.74, 6) is 0.00301. The van der Waals surface area contributed by atoms with Gasteiger partial charge in [0.15, 0.2) is 0 Å². The molecule has 1 aliphatic rings. The fraction of sp³-hybridized carbons (Fsp3) is 0.467. The lowest BCUT2D eigenvalue weighted by atomic mass is 9.98. The molecule has 5 heteroatoms. The molecule has 0 aliphatic carbocycles. The summed E-state index contributed by atoms with van der Waals surface area (Å²) >= 11 is 0. The highest BCUT2D eigenvalue weighted by Crippen LogP contribution is 2.17. The van der Waals surface area contributed by atoms with Crippen LogP contribution in [0.15, 0.2) is 24.5 Å². The lowest BCUT2D eigenvalue weighted by Crippen LogP contribution is -2.47.